The number of para-hydroxylation sites is 1. The molecule has 0 aliphatic rings. The van der Waals surface area contributed by atoms with Crippen LogP contribution >= 0.6 is 0 Å². The number of fused-ring (bicyclic) bond motifs is 1. The summed E-state index contributed by atoms with van der Waals surface area (Å²) in [6.45, 7) is 4.97. The highest BCUT2D eigenvalue weighted by Gasteiger charge is 2.19. The third-order valence-corrected chi connectivity index (χ3v) is 5.85. The highest BCUT2D eigenvalue weighted by molar-refractivity contribution is 6.06. The molecule has 38 heavy (non-hydrogen) atoms. The van der Waals surface area contributed by atoms with E-state index in [1.807, 2.05) is 13.0 Å². The lowest BCUT2D eigenvalue weighted by atomic mass is 9.96. The zero-order valence-corrected chi connectivity index (χ0v) is 21.2. The number of hydrogen-bond donors (Lipinski definition) is 4. The first kappa shape index (κ1) is 26.3. The molecule has 0 unspecified atom stereocenters. The molecule has 1 atom stereocenters. The maximum Gasteiger partial charge on any atom is 0.254 e. The Morgan fingerprint density at radius 3 is 2.53 bits per heavy atom. The number of halogens is 1. The number of hydrogen-bond acceptors (Lipinski definition) is 9. The van der Waals surface area contributed by atoms with Gasteiger partial charge >= 0.3 is 0 Å². The van der Waals surface area contributed by atoms with Gasteiger partial charge in [0, 0.05) is 68.9 Å². The number of benzene rings is 1. The van der Waals surface area contributed by atoms with Gasteiger partial charge in [0.1, 0.15) is 12.1 Å². The molecule has 3 heterocycles. The summed E-state index contributed by atoms with van der Waals surface area (Å²) < 4.78 is 14.4. The number of rotatable bonds is 10. The molecule has 0 fully saturated rings. The molecule has 196 valence electrons. The number of carbonyl (C=O) groups is 2. The van der Waals surface area contributed by atoms with Gasteiger partial charge in [0.05, 0.1) is 23.0 Å². The van der Waals surface area contributed by atoms with Gasteiger partial charge in [0.25, 0.3) is 5.91 Å². The largest absolute Gasteiger partial charge is 0.369 e. The molecule has 0 bridgehead atoms. The molecule has 12 heteroatoms. The van der Waals surface area contributed by atoms with Gasteiger partial charge in [0.15, 0.2) is 5.82 Å². The predicted octanol–water partition coefficient (Wildman–Crippen LogP) is 2.74. The third kappa shape index (κ3) is 6.14. The Kier molecular flexibility index (Phi) is 8.31. The van der Waals surface area contributed by atoms with Crippen molar-refractivity contribution in [3.63, 3.8) is 0 Å². The smallest absolute Gasteiger partial charge is 0.254 e. The van der Waals surface area contributed by atoms with Crippen LogP contribution in [0, 0.1) is 5.82 Å². The van der Waals surface area contributed by atoms with Crippen LogP contribution in [-0.2, 0) is 4.79 Å². The van der Waals surface area contributed by atoms with Crippen LogP contribution in [0.25, 0.3) is 22.2 Å². The Morgan fingerprint density at radius 2 is 1.79 bits per heavy atom. The first-order valence-electron chi connectivity index (χ1n) is 12.0. The maximum absolute atomic E-state index is 14.4. The molecule has 0 radical (unpaired) electrons. The molecule has 0 spiro atoms. The van der Waals surface area contributed by atoms with Crippen LogP contribution in [0.2, 0.25) is 0 Å². The van der Waals surface area contributed by atoms with Crippen LogP contribution < -0.4 is 21.3 Å². The number of amides is 2. The fourth-order valence-electron chi connectivity index (χ4n) is 3.92. The number of nitrogens with one attached hydrogen (secondary N) is 4. The van der Waals surface area contributed by atoms with Gasteiger partial charge < -0.3 is 21.3 Å². The minimum absolute atomic E-state index is 0.0175. The van der Waals surface area contributed by atoms with Crippen LogP contribution in [0.4, 0.5) is 16.2 Å². The summed E-state index contributed by atoms with van der Waals surface area (Å²) in [6, 6.07) is 7.21. The van der Waals surface area contributed by atoms with Gasteiger partial charge in [-0.3, -0.25) is 14.6 Å². The predicted molar refractivity (Wildman–Crippen MR) is 142 cm³/mol. The van der Waals surface area contributed by atoms with E-state index >= 15 is 0 Å². The number of aromatic nitrogens is 5. The van der Waals surface area contributed by atoms with Crippen molar-refractivity contribution < 1.29 is 14.0 Å². The Hall–Kier alpha value is -4.74. The Morgan fingerprint density at radius 1 is 1.00 bits per heavy atom. The summed E-state index contributed by atoms with van der Waals surface area (Å²) in [6.07, 6.45) is 5.86. The number of pyridine rings is 1. The van der Waals surface area contributed by atoms with Crippen LogP contribution in [-0.4, -0.2) is 63.4 Å². The van der Waals surface area contributed by atoms with E-state index in [4.69, 9.17) is 0 Å². The molecular formula is C26H28FN9O2. The fraction of sp³-hybridized carbons (Fsp3) is 0.269. The molecule has 11 nitrogen and oxygen atoms in total. The Bertz CT molecular complexity index is 1450. The van der Waals surface area contributed by atoms with Crippen molar-refractivity contribution in [2.24, 2.45) is 0 Å². The van der Waals surface area contributed by atoms with Gasteiger partial charge in [0.2, 0.25) is 11.9 Å². The van der Waals surface area contributed by atoms with E-state index < -0.39 is 11.7 Å². The number of carbonyl (C=O) groups excluding carboxylic acids is 2. The van der Waals surface area contributed by atoms with E-state index in [-0.39, 0.29) is 17.4 Å². The zero-order chi connectivity index (χ0) is 27.1. The monoisotopic (exact) mass is 517 g/mol. The van der Waals surface area contributed by atoms with Gasteiger partial charge in [-0.05, 0) is 5.56 Å². The molecule has 0 aliphatic carbocycles. The van der Waals surface area contributed by atoms with Crippen LogP contribution in [0.3, 0.4) is 0 Å². The summed E-state index contributed by atoms with van der Waals surface area (Å²) >= 11 is 0. The second-order valence-electron chi connectivity index (χ2n) is 8.58. The molecule has 4 rings (SSSR count). The van der Waals surface area contributed by atoms with E-state index in [0.717, 1.165) is 17.3 Å². The first-order chi connectivity index (χ1) is 18.4. The van der Waals surface area contributed by atoms with Gasteiger partial charge in [-0.15, -0.1) is 0 Å². The molecule has 0 aliphatic heterocycles. The fourth-order valence-corrected chi connectivity index (χ4v) is 3.92. The summed E-state index contributed by atoms with van der Waals surface area (Å²) in [4.78, 5) is 44.7. The lowest BCUT2D eigenvalue weighted by Crippen LogP contribution is -2.26. The van der Waals surface area contributed by atoms with E-state index in [0.29, 0.717) is 48.0 Å². The van der Waals surface area contributed by atoms with Crippen molar-refractivity contribution in [1.82, 2.24) is 35.6 Å². The SMILES string of the molecule is CNC(=O)c1c(F)cnc2c([C@H](C)CNc3cc(-c4cnc(NCCNC(C)=O)nc4)ncn3)cccc12. The van der Waals surface area contributed by atoms with E-state index in [1.165, 1.54) is 20.3 Å². The van der Waals surface area contributed by atoms with Crippen molar-refractivity contribution in [2.45, 2.75) is 19.8 Å². The number of anilines is 2. The average Bonchev–Trinajstić information content (AvgIpc) is 2.93. The topological polar surface area (TPSA) is 147 Å². The second kappa shape index (κ2) is 12.0. The minimum Gasteiger partial charge on any atom is -0.369 e. The second-order valence-corrected chi connectivity index (χ2v) is 8.58. The quantitative estimate of drug-likeness (QED) is 0.233. The third-order valence-electron chi connectivity index (χ3n) is 5.85. The highest BCUT2D eigenvalue weighted by atomic mass is 19.1. The summed E-state index contributed by atoms with van der Waals surface area (Å²) in [5, 5.41) is 12.0. The lowest BCUT2D eigenvalue weighted by Gasteiger charge is -2.17. The zero-order valence-electron chi connectivity index (χ0n) is 21.2. The molecule has 3 aromatic heterocycles. The molecule has 0 saturated carbocycles. The number of nitrogens with zero attached hydrogens (tertiary/aromatic N) is 5. The minimum atomic E-state index is -0.661. The summed E-state index contributed by atoms with van der Waals surface area (Å²) in [5.74, 6) is -0.216. The standard InChI is InChI=1S/C26H28FN9O2/c1-15(18-5-4-6-19-23(25(38)28-3)20(27)13-32-24(18)19)10-31-22-9-21(35-14-36-22)17-11-33-26(34-12-17)30-8-7-29-16(2)37/h4-6,9,11-15H,7-8,10H2,1-3H3,(H,28,38)(H,29,37)(H,30,33,34)(H,31,35,36)/t15-/m1/s1. The van der Waals surface area contributed by atoms with Crippen molar-refractivity contribution in [2.75, 3.05) is 37.3 Å². The van der Waals surface area contributed by atoms with Gasteiger partial charge in [-0.1, -0.05) is 25.1 Å². The van der Waals surface area contributed by atoms with Crippen molar-refractivity contribution in [3.8, 4) is 11.3 Å². The maximum atomic E-state index is 14.4. The summed E-state index contributed by atoms with van der Waals surface area (Å²) in [5.41, 5.74) is 2.81. The molecule has 0 saturated heterocycles. The van der Waals surface area contributed by atoms with Gasteiger partial charge in [-0.2, -0.15) is 0 Å². The van der Waals surface area contributed by atoms with Crippen molar-refractivity contribution >= 4 is 34.5 Å². The Labute approximate surface area is 218 Å². The van der Waals surface area contributed by atoms with E-state index in [2.05, 4.69) is 46.2 Å². The van der Waals surface area contributed by atoms with Crippen molar-refractivity contribution in [3.05, 3.63) is 66.1 Å². The van der Waals surface area contributed by atoms with E-state index in [1.54, 1.807) is 30.6 Å². The van der Waals surface area contributed by atoms with Crippen LogP contribution in [0.5, 0.6) is 0 Å². The lowest BCUT2D eigenvalue weighted by molar-refractivity contribution is -0.118. The summed E-state index contributed by atoms with van der Waals surface area (Å²) in [7, 11) is 1.47. The van der Waals surface area contributed by atoms with E-state index in [9.17, 15) is 14.0 Å². The van der Waals surface area contributed by atoms with Gasteiger partial charge in [-0.25, -0.2) is 24.3 Å². The first-order valence-corrected chi connectivity index (χ1v) is 12.0. The highest BCUT2D eigenvalue weighted by Crippen LogP contribution is 2.28. The van der Waals surface area contributed by atoms with Crippen LogP contribution in [0.15, 0.2) is 49.2 Å². The molecule has 2 amide bonds. The molecular weight excluding hydrogens is 489 g/mol. The van der Waals surface area contributed by atoms with Crippen molar-refractivity contribution in [1.29, 1.82) is 0 Å². The average molecular weight is 518 g/mol. The molecule has 4 aromatic rings. The Balaban J connectivity index is 1.44. The molecule has 1 aromatic carbocycles. The molecule has 4 N–H and O–H groups in total. The van der Waals surface area contributed by atoms with Crippen LogP contribution in [0.1, 0.15) is 35.7 Å². The normalized spacial score (nSPS) is 11.6.